The van der Waals surface area contributed by atoms with Gasteiger partial charge in [0.05, 0.1) is 42.0 Å². The van der Waals surface area contributed by atoms with Crippen LogP contribution in [0.15, 0.2) is 59.2 Å². The number of carbonyl (C=O) groups is 3. The number of esters is 1. The summed E-state index contributed by atoms with van der Waals surface area (Å²) in [6, 6.07) is 14.0. The van der Waals surface area contributed by atoms with Crippen molar-refractivity contribution in [1.29, 1.82) is 0 Å². The lowest BCUT2D eigenvalue weighted by Crippen LogP contribution is -2.44. The number of hydrogen-bond donors (Lipinski definition) is 1. The van der Waals surface area contributed by atoms with Crippen LogP contribution in [0, 0.1) is 20.8 Å². The number of furan rings is 1. The highest BCUT2D eigenvalue weighted by Crippen LogP contribution is 2.46. The maximum atomic E-state index is 12.8. The van der Waals surface area contributed by atoms with Gasteiger partial charge in [-0.2, -0.15) is 5.10 Å². The second kappa shape index (κ2) is 13.3. The van der Waals surface area contributed by atoms with Crippen LogP contribution in [0.5, 0.6) is 0 Å². The lowest BCUT2D eigenvalue weighted by molar-refractivity contribution is -0.141. The first-order valence-corrected chi connectivity index (χ1v) is 14.9. The number of halogens is 1. The molecule has 2 aromatic carbocycles. The molecular weight excluding hydrogens is 596 g/mol. The molecule has 0 aliphatic carbocycles. The van der Waals surface area contributed by atoms with Crippen LogP contribution in [0.2, 0.25) is 5.15 Å². The van der Waals surface area contributed by atoms with E-state index >= 15 is 0 Å². The number of nitrogens with one attached hydrogen (secondary N) is 1. The summed E-state index contributed by atoms with van der Waals surface area (Å²) in [4.78, 5) is 38.8. The van der Waals surface area contributed by atoms with Crippen LogP contribution in [-0.4, -0.2) is 40.7 Å². The number of aromatic nitrogens is 2. The molecule has 2 amide bonds. The fourth-order valence-electron chi connectivity index (χ4n) is 5.73. The topological polar surface area (TPSA) is 116 Å². The predicted octanol–water partition coefficient (Wildman–Crippen LogP) is 7.07. The molecule has 1 aliphatic heterocycles. The smallest absolute Gasteiger partial charge is 0.328 e. The van der Waals surface area contributed by atoms with E-state index in [0.29, 0.717) is 22.1 Å². The van der Waals surface area contributed by atoms with Gasteiger partial charge in [-0.25, -0.2) is 4.79 Å². The first-order valence-electron chi connectivity index (χ1n) is 14.5. The average molecular weight is 635 g/mol. The molecule has 2 aromatic heterocycles. The average Bonchev–Trinajstić information content (AvgIpc) is 3.67. The summed E-state index contributed by atoms with van der Waals surface area (Å²) in [5.74, 6) is -0.938. The Morgan fingerprint density at radius 1 is 1.07 bits per heavy atom. The van der Waals surface area contributed by atoms with Gasteiger partial charge in [0.2, 0.25) is 0 Å². The number of aryl methyl sites for hydroxylation is 4. The molecule has 3 heterocycles. The third-order valence-electron chi connectivity index (χ3n) is 7.82. The highest BCUT2D eigenvalue weighted by atomic mass is 35.5. The number of nitrogens with zero attached hydrogens (tertiary/aromatic N) is 3. The van der Waals surface area contributed by atoms with Crippen molar-refractivity contribution in [3.63, 3.8) is 0 Å². The van der Waals surface area contributed by atoms with Gasteiger partial charge >= 0.3 is 5.97 Å². The molecule has 2 unspecified atom stereocenters. The highest BCUT2D eigenvalue weighted by Gasteiger charge is 2.37. The molecule has 10 nitrogen and oxygen atoms in total. The van der Waals surface area contributed by atoms with E-state index in [1.165, 1.54) is 23.0 Å². The van der Waals surface area contributed by atoms with Crippen molar-refractivity contribution in [2.45, 2.75) is 66.2 Å². The molecule has 0 fully saturated rings. The Morgan fingerprint density at radius 3 is 2.27 bits per heavy atom. The normalized spacial score (nSPS) is 15.4. The number of methoxy groups -OCH3 is 1. The Balaban J connectivity index is 0.000000205. The van der Waals surface area contributed by atoms with Gasteiger partial charge in [0.25, 0.3) is 11.8 Å². The van der Waals surface area contributed by atoms with E-state index < -0.39 is 12.0 Å². The van der Waals surface area contributed by atoms with Gasteiger partial charge in [-0.05, 0) is 83.4 Å². The Kier molecular flexibility index (Phi) is 9.89. The molecule has 0 saturated carbocycles. The molecule has 0 saturated heterocycles. The summed E-state index contributed by atoms with van der Waals surface area (Å²) < 4.78 is 17.5. The molecule has 0 bridgehead atoms. The van der Waals surface area contributed by atoms with E-state index in [1.807, 2.05) is 71.0 Å². The number of ether oxygens (including phenoxy) is 2. The number of carbonyl (C=O) groups excluding carboxylic acids is 3. The zero-order chi connectivity index (χ0) is 33.2. The number of fused-ring (bicyclic) bond motifs is 1. The first-order chi connectivity index (χ1) is 21.2. The number of anilines is 2. The number of rotatable bonds is 6. The number of hydrogen-bond acceptors (Lipinski definition) is 7. The monoisotopic (exact) mass is 634 g/mol. The minimum absolute atomic E-state index is 0.0815. The van der Waals surface area contributed by atoms with Crippen molar-refractivity contribution in [2.24, 2.45) is 7.05 Å². The van der Waals surface area contributed by atoms with Gasteiger partial charge < -0.3 is 19.2 Å². The number of amides is 2. The van der Waals surface area contributed by atoms with Crippen LogP contribution >= 0.6 is 11.6 Å². The third-order valence-corrected chi connectivity index (χ3v) is 8.25. The molecule has 0 spiro atoms. The highest BCUT2D eigenvalue weighted by molar-refractivity contribution is 6.33. The quantitative estimate of drug-likeness (QED) is 0.226. The number of para-hydroxylation sites is 1. The molecule has 5 rings (SSSR count). The molecule has 45 heavy (non-hydrogen) atoms. The third kappa shape index (κ3) is 6.67. The van der Waals surface area contributed by atoms with Crippen molar-refractivity contribution in [2.75, 3.05) is 17.3 Å². The van der Waals surface area contributed by atoms with Crippen LogP contribution in [0.1, 0.15) is 82.7 Å². The summed E-state index contributed by atoms with van der Waals surface area (Å²) in [6.07, 6.45) is 1.35. The van der Waals surface area contributed by atoms with E-state index in [4.69, 9.17) is 25.5 Å². The Hall–Kier alpha value is -4.41. The van der Waals surface area contributed by atoms with Crippen molar-refractivity contribution in [3.8, 4) is 0 Å². The maximum absolute atomic E-state index is 12.8. The van der Waals surface area contributed by atoms with Crippen LogP contribution in [-0.2, 0) is 26.9 Å². The van der Waals surface area contributed by atoms with E-state index in [9.17, 15) is 14.4 Å². The second-order valence-corrected chi connectivity index (χ2v) is 11.8. The van der Waals surface area contributed by atoms with Gasteiger partial charge in [-0.15, -0.1) is 0 Å². The van der Waals surface area contributed by atoms with Crippen molar-refractivity contribution >= 4 is 40.8 Å². The van der Waals surface area contributed by atoms with Gasteiger partial charge in [-0.1, -0.05) is 41.9 Å². The Bertz CT molecular complexity index is 1710. The molecule has 1 N–H and O–H groups in total. The largest absolute Gasteiger partial charge is 0.467 e. The van der Waals surface area contributed by atoms with E-state index in [-0.39, 0.29) is 29.3 Å². The van der Waals surface area contributed by atoms with Gasteiger partial charge in [0, 0.05) is 18.3 Å². The standard InChI is InChI=1S/C17H20ClN3O2.C17H19NO4/c1-9-13(15(18)21(5)20-9)16(22)19-12-8-6-7-11-14(12)10(2)23-17(11,3)4;1-11-7-5-8-12(2)15(11)18(13(3)17(20)21-4)16(19)14-9-6-10-22-14/h6-8,10H,1-5H3,(H,19,22);5-10,13H,1-4H3. The van der Waals surface area contributed by atoms with Crippen molar-refractivity contribution in [1.82, 2.24) is 9.78 Å². The zero-order valence-electron chi connectivity index (χ0n) is 27.0. The second-order valence-electron chi connectivity index (χ2n) is 11.5. The van der Waals surface area contributed by atoms with Crippen LogP contribution in [0.4, 0.5) is 11.4 Å². The molecule has 2 atom stereocenters. The summed E-state index contributed by atoms with van der Waals surface area (Å²) in [7, 11) is 3.02. The van der Waals surface area contributed by atoms with Crippen molar-refractivity contribution < 1.29 is 28.3 Å². The molecular formula is C34H39ClN4O6. The molecule has 0 radical (unpaired) electrons. The fourth-order valence-corrected chi connectivity index (χ4v) is 5.99. The minimum Gasteiger partial charge on any atom is -0.467 e. The Morgan fingerprint density at radius 2 is 1.71 bits per heavy atom. The summed E-state index contributed by atoms with van der Waals surface area (Å²) >= 11 is 6.18. The maximum Gasteiger partial charge on any atom is 0.328 e. The summed E-state index contributed by atoms with van der Waals surface area (Å²) in [5.41, 5.74) is 6.00. The summed E-state index contributed by atoms with van der Waals surface area (Å²) in [6.45, 7) is 13.3. The van der Waals surface area contributed by atoms with Gasteiger partial charge in [-0.3, -0.25) is 19.2 Å². The summed E-state index contributed by atoms with van der Waals surface area (Å²) in [5, 5.41) is 7.48. The van der Waals surface area contributed by atoms with Crippen LogP contribution in [0.25, 0.3) is 0 Å². The fraction of sp³-hybridized carbons (Fsp3) is 0.353. The molecule has 238 valence electrons. The number of benzene rings is 2. The van der Waals surface area contributed by atoms with Crippen molar-refractivity contribution in [3.05, 3.63) is 99.2 Å². The first kappa shape index (κ1) is 33.5. The lowest BCUT2D eigenvalue weighted by Gasteiger charge is -2.29. The minimum atomic E-state index is -0.762. The Labute approximate surface area is 268 Å². The van der Waals surface area contributed by atoms with Crippen LogP contribution < -0.4 is 10.2 Å². The van der Waals surface area contributed by atoms with Gasteiger partial charge in [0.15, 0.2) is 5.76 Å². The van der Waals surface area contributed by atoms with E-state index in [1.54, 1.807) is 33.0 Å². The molecule has 1 aliphatic rings. The molecule has 4 aromatic rings. The lowest BCUT2D eigenvalue weighted by atomic mass is 9.93. The molecule has 11 heteroatoms. The zero-order valence-corrected chi connectivity index (χ0v) is 27.8. The SMILES string of the molecule is COC(=O)C(C)N(C(=O)c1ccco1)c1c(C)cccc1C.Cc1nn(C)c(Cl)c1C(=O)Nc1cccc2c1C(C)OC2(C)C. The van der Waals surface area contributed by atoms with Crippen LogP contribution in [0.3, 0.4) is 0 Å². The van der Waals surface area contributed by atoms with Gasteiger partial charge in [0.1, 0.15) is 11.2 Å². The van der Waals surface area contributed by atoms with E-state index in [0.717, 1.165) is 27.9 Å². The van der Waals surface area contributed by atoms with E-state index in [2.05, 4.69) is 10.4 Å². The predicted molar refractivity (Wildman–Crippen MR) is 173 cm³/mol.